The fraction of sp³-hybridized carbons (Fsp3) is 0.625. The topological polar surface area (TPSA) is 72.5 Å². The molecule has 1 fully saturated rings. The number of aromatic nitrogens is 1. The van der Waals surface area contributed by atoms with Crippen molar-refractivity contribution < 1.29 is 4.74 Å². The van der Waals surface area contributed by atoms with Crippen LogP contribution in [0.15, 0.2) is 23.3 Å². The molecular weight excluding hydrogens is 264 g/mol. The van der Waals surface area contributed by atoms with E-state index in [4.69, 9.17) is 10.5 Å². The van der Waals surface area contributed by atoms with Crippen LogP contribution in [0.5, 0.6) is 5.88 Å². The van der Waals surface area contributed by atoms with Crippen LogP contribution in [0.3, 0.4) is 0 Å². The smallest absolute Gasteiger partial charge is 0.218 e. The van der Waals surface area contributed by atoms with Gasteiger partial charge in [-0.3, -0.25) is 0 Å². The third kappa shape index (κ3) is 5.25. The maximum Gasteiger partial charge on any atom is 0.218 e. The van der Waals surface area contributed by atoms with Crippen LogP contribution in [0.25, 0.3) is 0 Å². The van der Waals surface area contributed by atoms with Gasteiger partial charge >= 0.3 is 0 Å². The van der Waals surface area contributed by atoms with Gasteiger partial charge in [-0.2, -0.15) is 0 Å². The molecule has 1 aromatic rings. The third-order valence-corrected chi connectivity index (χ3v) is 3.35. The lowest BCUT2D eigenvalue weighted by molar-refractivity contribution is 0.199. The van der Waals surface area contributed by atoms with Crippen molar-refractivity contribution in [2.45, 2.75) is 64.6 Å². The van der Waals surface area contributed by atoms with E-state index in [-0.39, 0.29) is 5.54 Å². The van der Waals surface area contributed by atoms with Gasteiger partial charge in [0.15, 0.2) is 5.96 Å². The predicted molar refractivity (Wildman–Crippen MR) is 85.3 cm³/mol. The molecule has 0 spiro atoms. The molecule has 1 heterocycles. The van der Waals surface area contributed by atoms with Gasteiger partial charge in [-0.05, 0) is 52.5 Å². The molecule has 0 bridgehead atoms. The summed E-state index contributed by atoms with van der Waals surface area (Å²) in [7, 11) is 0. The Hall–Kier alpha value is -1.78. The van der Waals surface area contributed by atoms with E-state index in [9.17, 15) is 0 Å². The highest BCUT2D eigenvalue weighted by Crippen LogP contribution is 2.25. The van der Waals surface area contributed by atoms with Crippen LogP contribution < -0.4 is 15.8 Å². The standard InChI is InChI=1S/C16H26N4O/c1-16(2,3)20-15(17)19-11-12-7-6-10-18-14(12)21-13-8-4-5-9-13/h6-7,10,13H,4-5,8-9,11H2,1-3H3,(H3,17,19,20). The first-order chi connectivity index (χ1) is 9.94. The molecule has 5 heteroatoms. The average molecular weight is 290 g/mol. The van der Waals surface area contributed by atoms with E-state index < -0.39 is 0 Å². The zero-order valence-electron chi connectivity index (χ0n) is 13.2. The van der Waals surface area contributed by atoms with Crippen LogP contribution in [0.4, 0.5) is 0 Å². The summed E-state index contributed by atoms with van der Waals surface area (Å²) in [4.78, 5) is 8.72. The normalized spacial score (nSPS) is 17.0. The molecule has 5 nitrogen and oxygen atoms in total. The Morgan fingerprint density at radius 2 is 2.14 bits per heavy atom. The van der Waals surface area contributed by atoms with Gasteiger partial charge in [0, 0.05) is 17.3 Å². The molecule has 3 N–H and O–H groups in total. The number of ether oxygens (including phenoxy) is 1. The average Bonchev–Trinajstić information content (AvgIpc) is 2.88. The van der Waals surface area contributed by atoms with Gasteiger partial charge < -0.3 is 15.8 Å². The molecule has 0 saturated heterocycles. The molecule has 21 heavy (non-hydrogen) atoms. The lowest BCUT2D eigenvalue weighted by Crippen LogP contribution is -2.44. The van der Waals surface area contributed by atoms with E-state index in [0.29, 0.717) is 24.5 Å². The highest BCUT2D eigenvalue weighted by atomic mass is 16.5. The van der Waals surface area contributed by atoms with E-state index in [0.717, 1.165) is 18.4 Å². The number of pyridine rings is 1. The number of aliphatic imine (C=N–C) groups is 1. The summed E-state index contributed by atoms with van der Waals surface area (Å²) in [6, 6.07) is 3.89. The second-order valence-corrected chi connectivity index (χ2v) is 6.57. The van der Waals surface area contributed by atoms with Gasteiger partial charge in [-0.25, -0.2) is 9.98 Å². The molecule has 116 valence electrons. The zero-order chi connectivity index (χ0) is 15.3. The molecule has 1 saturated carbocycles. The van der Waals surface area contributed by atoms with Crippen molar-refractivity contribution in [2.24, 2.45) is 10.7 Å². The molecule has 0 aromatic carbocycles. The molecule has 0 radical (unpaired) electrons. The van der Waals surface area contributed by atoms with Gasteiger partial charge in [-0.1, -0.05) is 6.07 Å². The first kappa shape index (κ1) is 15.6. The summed E-state index contributed by atoms with van der Waals surface area (Å²) in [6.07, 6.45) is 6.78. The van der Waals surface area contributed by atoms with Crippen LogP contribution in [0.2, 0.25) is 0 Å². The van der Waals surface area contributed by atoms with Crippen molar-refractivity contribution in [1.29, 1.82) is 0 Å². The van der Waals surface area contributed by atoms with Gasteiger partial charge in [0.05, 0.1) is 6.54 Å². The molecule has 0 unspecified atom stereocenters. The van der Waals surface area contributed by atoms with E-state index >= 15 is 0 Å². The lowest BCUT2D eigenvalue weighted by atomic mass is 10.1. The second kappa shape index (κ2) is 6.78. The van der Waals surface area contributed by atoms with Crippen LogP contribution in [0, 0.1) is 0 Å². The van der Waals surface area contributed by atoms with Crippen molar-refractivity contribution in [3.05, 3.63) is 23.9 Å². The second-order valence-electron chi connectivity index (χ2n) is 6.57. The van der Waals surface area contributed by atoms with E-state index in [2.05, 4.69) is 15.3 Å². The van der Waals surface area contributed by atoms with E-state index in [1.165, 1.54) is 12.8 Å². The van der Waals surface area contributed by atoms with Gasteiger partial charge in [0.2, 0.25) is 5.88 Å². The lowest BCUT2D eigenvalue weighted by Gasteiger charge is -2.21. The minimum Gasteiger partial charge on any atom is -0.474 e. The van der Waals surface area contributed by atoms with Crippen LogP contribution in [-0.4, -0.2) is 22.6 Å². The molecule has 0 amide bonds. The summed E-state index contributed by atoms with van der Waals surface area (Å²) in [5.74, 6) is 1.13. The number of rotatable bonds is 4. The Balaban J connectivity index is 2.00. The fourth-order valence-corrected chi connectivity index (χ4v) is 2.41. The molecule has 1 aliphatic carbocycles. The number of nitrogens with one attached hydrogen (secondary N) is 1. The van der Waals surface area contributed by atoms with Crippen molar-refractivity contribution in [2.75, 3.05) is 0 Å². The highest BCUT2D eigenvalue weighted by molar-refractivity contribution is 5.78. The SMILES string of the molecule is CC(C)(C)NC(N)=NCc1cccnc1OC1CCCC1. The molecule has 0 atom stereocenters. The first-order valence-electron chi connectivity index (χ1n) is 7.63. The minimum atomic E-state index is -0.0916. The summed E-state index contributed by atoms with van der Waals surface area (Å²) in [5.41, 5.74) is 6.78. The number of nitrogens with zero attached hydrogens (tertiary/aromatic N) is 2. The Labute approximate surface area is 127 Å². The number of hydrogen-bond donors (Lipinski definition) is 2. The maximum atomic E-state index is 6.00. The molecule has 0 aliphatic heterocycles. The van der Waals surface area contributed by atoms with Crippen LogP contribution in [0.1, 0.15) is 52.0 Å². The largest absolute Gasteiger partial charge is 0.474 e. The maximum absolute atomic E-state index is 6.00. The predicted octanol–water partition coefficient (Wildman–Crippen LogP) is 2.61. The highest BCUT2D eigenvalue weighted by Gasteiger charge is 2.18. The van der Waals surface area contributed by atoms with Crippen LogP contribution in [-0.2, 0) is 6.54 Å². The molecule has 2 rings (SSSR count). The summed E-state index contributed by atoms with van der Waals surface area (Å²) in [5, 5.41) is 3.15. The van der Waals surface area contributed by atoms with Crippen LogP contribution >= 0.6 is 0 Å². The monoisotopic (exact) mass is 290 g/mol. The van der Waals surface area contributed by atoms with E-state index in [1.54, 1.807) is 6.20 Å². The minimum absolute atomic E-state index is 0.0916. The summed E-state index contributed by atoms with van der Waals surface area (Å²) >= 11 is 0. The number of guanidine groups is 1. The summed E-state index contributed by atoms with van der Waals surface area (Å²) in [6.45, 7) is 6.63. The Morgan fingerprint density at radius 1 is 1.43 bits per heavy atom. The van der Waals surface area contributed by atoms with Gasteiger partial charge in [0.1, 0.15) is 6.10 Å². The van der Waals surface area contributed by atoms with Gasteiger partial charge in [-0.15, -0.1) is 0 Å². The molecule has 1 aromatic heterocycles. The quantitative estimate of drug-likeness (QED) is 0.660. The fourth-order valence-electron chi connectivity index (χ4n) is 2.41. The Kier molecular flexibility index (Phi) is 5.04. The molecular formula is C16H26N4O. The van der Waals surface area contributed by atoms with Crippen molar-refractivity contribution >= 4 is 5.96 Å². The number of hydrogen-bond acceptors (Lipinski definition) is 3. The summed E-state index contributed by atoms with van der Waals surface area (Å²) < 4.78 is 6.00. The molecule has 1 aliphatic rings. The van der Waals surface area contributed by atoms with Crippen molar-refractivity contribution in [3.63, 3.8) is 0 Å². The third-order valence-electron chi connectivity index (χ3n) is 3.35. The Bertz CT molecular complexity index is 487. The van der Waals surface area contributed by atoms with E-state index in [1.807, 2.05) is 32.9 Å². The zero-order valence-corrected chi connectivity index (χ0v) is 13.2. The van der Waals surface area contributed by atoms with Crippen molar-refractivity contribution in [3.8, 4) is 5.88 Å². The Morgan fingerprint density at radius 3 is 2.81 bits per heavy atom. The number of nitrogens with two attached hydrogens (primary N) is 1. The van der Waals surface area contributed by atoms with Gasteiger partial charge in [0.25, 0.3) is 0 Å². The first-order valence-corrected chi connectivity index (χ1v) is 7.63. The van der Waals surface area contributed by atoms with Crippen molar-refractivity contribution in [1.82, 2.24) is 10.3 Å².